The molecule has 1 N–H and O–H groups in total. The number of fused-ring (bicyclic) bond motifs is 1. The van der Waals surface area contributed by atoms with Gasteiger partial charge in [-0.2, -0.15) is 0 Å². The van der Waals surface area contributed by atoms with Crippen LogP contribution < -0.4 is 5.64 Å². The molecule has 3 heteroatoms. The third-order valence-electron chi connectivity index (χ3n) is 1.37. The molecule has 2 rings (SSSR count). The monoisotopic (exact) mass is 125 g/mol. The molecule has 3 nitrogen and oxygen atoms in total. The Morgan fingerprint density at radius 1 is 1.11 bits per heavy atom. The van der Waals surface area contributed by atoms with Gasteiger partial charge in [-0.3, -0.25) is 0 Å². The minimum absolute atomic E-state index is 0.821. The molecule has 0 atom stereocenters. The van der Waals surface area contributed by atoms with Crippen molar-refractivity contribution in [1.29, 1.82) is 0 Å². The van der Waals surface area contributed by atoms with Gasteiger partial charge in [0.05, 0.1) is 0 Å². The fourth-order valence-electron chi connectivity index (χ4n) is 0.925. The van der Waals surface area contributed by atoms with E-state index in [1.165, 1.54) is 0 Å². The summed E-state index contributed by atoms with van der Waals surface area (Å²) < 4.78 is 0. The molecule has 0 aromatic heterocycles. The SMILES string of the molecule is C1=C2ONOC2=CCC1. The van der Waals surface area contributed by atoms with Gasteiger partial charge in [-0.15, -0.1) is 0 Å². The molecular formula is C6H7NO2. The van der Waals surface area contributed by atoms with Crippen LogP contribution >= 0.6 is 0 Å². The molecule has 1 fully saturated rings. The molecule has 0 amide bonds. The maximum Gasteiger partial charge on any atom is 0.191 e. The quantitative estimate of drug-likeness (QED) is 0.524. The lowest BCUT2D eigenvalue weighted by Gasteiger charge is -1.98. The molecular weight excluding hydrogens is 118 g/mol. The Hall–Kier alpha value is -0.960. The molecule has 0 saturated carbocycles. The van der Waals surface area contributed by atoms with Crippen LogP contribution in [0.25, 0.3) is 0 Å². The summed E-state index contributed by atoms with van der Waals surface area (Å²) >= 11 is 0. The normalized spacial score (nSPS) is 23.1. The van der Waals surface area contributed by atoms with E-state index in [2.05, 4.69) is 5.64 Å². The largest absolute Gasteiger partial charge is 0.370 e. The van der Waals surface area contributed by atoms with E-state index in [1.54, 1.807) is 0 Å². The molecule has 0 unspecified atom stereocenters. The van der Waals surface area contributed by atoms with Crippen LogP contribution in [0.1, 0.15) is 12.8 Å². The molecule has 0 aromatic rings. The fourth-order valence-corrected chi connectivity index (χ4v) is 0.925. The summed E-state index contributed by atoms with van der Waals surface area (Å²) in [4.78, 5) is 9.75. The second kappa shape index (κ2) is 1.77. The van der Waals surface area contributed by atoms with Crippen LogP contribution in [0, 0.1) is 0 Å². The first-order valence-electron chi connectivity index (χ1n) is 2.96. The summed E-state index contributed by atoms with van der Waals surface area (Å²) in [6, 6.07) is 0. The van der Waals surface area contributed by atoms with Crippen LogP contribution in [0.15, 0.2) is 23.7 Å². The Kier molecular flexibility index (Phi) is 0.960. The number of allylic oxidation sites excluding steroid dienone is 2. The summed E-state index contributed by atoms with van der Waals surface area (Å²) in [7, 11) is 0. The first kappa shape index (κ1) is 4.88. The lowest BCUT2D eigenvalue weighted by Crippen LogP contribution is -1.98. The van der Waals surface area contributed by atoms with Gasteiger partial charge in [0, 0.05) is 5.64 Å². The highest BCUT2D eigenvalue weighted by molar-refractivity contribution is 5.24. The minimum atomic E-state index is 0.821. The number of hydrogen-bond acceptors (Lipinski definition) is 3. The van der Waals surface area contributed by atoms with Gasteiger partial charge >= 0.3 is 0 Å². The van der Waals surface area contributed by atoms with Crippen molar-refractivity contribution in [2.45, 2.75) is 12.8 Å². The topological polar surface area (TPSA) is 30.5 Å². The lowest BCUT2D eigenvalue weighted by atomic mass is 10.1. The van der Waals surface area contributed by atoms with E-state index >= 15 is 0 Å². The predicted molar refractivity (Wildman–Crippen MR) is 30.7 cm³/mol. The molecule has 2 aliphatic rings. The Balaban J connectivity index is 2.30. The molecule has 0 bridgehead atoms. The number of nitrogens with one attached hydrogen (secondary N) is 1. The molecule has 1 heterocycles. The van der Waals surface area contributed by atoms with Gasteiger partial charge in [0.2, 0.25) is 0 Å². The van der Waals surface area contributed by atoms with Gasteiger partial charge in [0.1, 0.15) is 0 Å². The van der Waals surface area contributed by atoms with Crippen molar-refractivity contribution >= 4 is 0 Å². The van der Waals surface area contributed by atoms with Crippen molar-refractivity contribution in [2.24, 2.45) is 0 Å². The van der Waals surface area contributed by atoms with Crippen LogP contribution in [-0.2, 0) is 9.68 Å². The van der Waals surface area contributed by atoms with Crippen molar-refractivity contribution in [3.63, 3.8) is 0 Å². The van der Waals surface area contributed by atoms with Gasteiger partial charge in [0.15, 0.2) is 11.5 Å². The average Bonchev–Trinajstić information content (AvgIpc) is 2.33. The van der Waals surface area contributed by atoms with Crippen LogP contribution in [-0.4, -0.2) is 0 Å². The molecule has 1 aliphatic carbocycles. The second-order valence-electron chi connectivity index (χ2n) is 2.00. The van der Waals surface area contributed by atoms with Crippen LogP contribution in [0.3, 0.4) is 0 Å². The van der Waals surface area contributed by atoms with Gasteiger partial charge in [0.25, 0.3) is 0 Å². The zero-order valence-corrected chi connectivity index (χ0v) is 4.89. The Morgan fingerprint density at radius 3 is 2.22 bits per heavy atom. The molecule has 9 heavy (non-hydrogen) atoms. The molecule has 48 valence electrons. The van der Waals surface area contributed by atoms with Crippen LogP contribution in [0.5, 0.6) is 0 Å². The molecule has 0 radical (unpaired) electrons. The first-order valence-corrected chi connectivity index (χ1v) is 2.96. The summed E-state index contributed by atoms with van der Waals surface area (Å²) in [5, 5.41) is 0. The zero-order valence-electron chi connectivity index (χ0n) is 4.89. The Bertz CT molecular complexity index is 163. The van der Waals surface area contributed by atoms with E-state index in [0.717, 1.165) is 24.4 Å². The van der Waals surface area contributed by atoms with E-state index in [-0.39, 0.29) is 0 Å². The third-order valence-corrected chi connectivity index (χ3v) is 1.37. The summed E-state index contributed by atoms with van der Waals surface area (Å²) in [5.41, 5.74) is 2.33. The van der Waals surface area contributed by atoms with Gasteiger partial charge in [-0.05, 0) is 25.0 Å². The second-order valence-corrected chi connectivity index (χ2v) is 2.00. The maximum absolute atomic E-state index is 4.88. The van der Waals surface area contributed by atoms with E-state index in [4.69, 9.17) is 9.68 Å². The van der Waals surface area contributed by atoms with E-state index in [9.17, 15) is 0 Å². The highest BCUT2D eigenvalue weighted by atomic mass is 16.9. The van der Waals surface area contributed by atoms with Crippen LogP contribution in [0.2, 0.25) is 0 Å². The average molecular weight is 125 g/mol. The predicted octanol–water partition coefficient (Wildman–Crippen LogP) is 1.01. The van der Waals surface area contributed by atoms with Crippen molar-refractivity contribution < 1.29 is 9.68 Å². The highest BCUT2D eigenvalue weighted by Crippen LogP contribution is 2.22. The summed E-state index contributed by atoms with van der Waals surface area (Å²) in [6.07, 6.45) is 6.11. The van der Waals surface area contributed by atoms with Crippen molar-refractivity contribution in [3.05, 3.63) is 23.7 Å². The van der Waals surface area contributed by atoms with E-state index < -0.39 is 0 Å². The molecule has 1 aliphatic heterocycles. The van der Waals surface area contributed by atoms with Crippen molar-refractivity contribution in [2.75, 3.05) is 0 Å². The van der Waals surface area contributed by atoms with Crippen LogP contribution in [0.4, 0.5) is 0 Å². The first-order chi connectivity index (χ1) is 4.47. The number of hydrogen-bond donors (Lipinski definition) is 1. The zero-order chi connectivity index (χ0) is 6.10. The molecule has 0 spiro atoms. The Morgan fingerprint density at radius 2 is 1.67 bits per heavy atom. The standard InChI is InChI=1S/C6H7NO2/c1-2-4-6-5(3-1)8-7-9-6/h3-4,7H,1-2H2. The van der Waals surface area contributed by atoms with Gasteiger partial charge < -0.3 is 9.68 Å². The van der Waals surface area contributed by atoms with Crippen molar-refractivity contribution in [1.82, 2.24) is 5.64 Å². The molecule has 0 aromatic carbocycles. The smallest absolute Gasteiger partial charge is 0.191 e. The summed E-state index contributed by atoms with van der Waals surface area (Å²) in [6.45, 7) is 0. The summed E-state index contributed by atoms with van der Waals surface area (Å²) in [5.74, 6) is 1.64. The van der Waals surface area contributed by atoms with Gasteiger partial charge in [-0.25, -0.2) is 0 Å². The highest BCUT2D eigenvalue weighted by Gasteiger charge is 2.18. The van der Waals surface area contributed by atoms with E-state index in [1.807, 2.05) is 12.2 Å². The molecule has 1 saturated heterocycles. The van der Waals surface area contributed by atoms with Gasteiger partial charge in [-0.1, -0.05) is 0 Å². The minimum Gasteiger partial charge on any atom is -0.370 e. The third kappa shape index (κ3) is 0.695. The maximum atomic E-state index is 4.88. The van der Waals surface area contributed by atoms with E-state index in [0.29, 0.717) is 0 Å². The Labute approximate surface area is 52.9 Å². The lowest BCUT2D eigenvalue weighted by molar-refractivity contribution is -0.0434. The number of rotatable bonds is 0. The van der Waals surface area contributed by atoms with Crippen molar-refractivity contribution in [3.8, 4) is 0 Å². The fraction of sp³-hybridized carbons (Fsp3) is 0.333.